The van der Waals surface area contributed by atoms with Gasteiger partial charge in [-0.2, -0.15) is 5.10 Å². The van der Waals surface area contributed by atoms with Crippen LogP contribution in [-0.4, -0.2) is 31.7 Å². The Morgan fingerprint density at radius 3 is 2.50 bits per heavy atom. The minimum Gasteiger partial charge on any atom is -0.296 e. The molecule has 0 fully saturated rings. The van der Waals surface area contributed by atoms with Crippen molar-refractivity contribution in [2.45, 2.75) is 26.9 Å². The molecule has 0 bridgehead atoms. The molecule has 2 heterocycles. The summed E-state index contributed by atoms with van der Waals surface area (Å²) in [5.41, 5.74) is 5.00. The van der Waals surface area contributed by atoms with Crippen LogP contribution in [0.4, 0.5) is 4.39 Å². The summed E-state index contributed by atoms with van der Waals surface area (Å²) >= 11 is 0. The maximum absolute atomic E-state index is 13.1. The number of nitrogens with zero attached hydrogens (tertiary/aromatic N) is 5. The van der Waals surface area contributed by atoms with E-state index in [-0.39, 0.29) is 5.82 Å². The SMILES string of the molecule is Cc1nn(-c2ccc(F)cc2)c(C)c1CN(C)Cc1cnccn1. The fraction of sp³-hybridized carbons (Fsp3) is 0.278. The molecule has 0 atom stereocenters. The van der Waals surface area contributed by atoms with Crippen LogP contribution >= 0.6 is 0 Å². The topological polar surface area (TPSA) is 46.8 Å². The van der Waals surface area contributed by atoms with Gasteiger partial charge in [-0.25, -0.2) is 9.07 Å². The lowest BCUT2D eigenvalue weighted by molar-refractivity contribution is 0.313. The molecular weight excluding hydrogens is 305 g/mol. The molecule has 0 radical (unpaired) electrons. The van der Waals surface area contributed by atoms with E-state index in [1.54, 1.807) is 30.7 Å². The predicted molar refractivity (Wildman–Crippen MR) is 90.2 cm³/mol. The van der Waals surface area contributed by atoms with Crippen molar-refractivity contribution in [3.05, 3.63) is 71.3 Å². The molecule has 3 aromatic rings. The average molecular weight is 325 g/mol. The van der Waals surface area contributed by atoms with E-state index >= 15 is 0 Å². The largest absolute Gasteiger partial charge is 0.296 e. The zero-order valence-corrected chi connectivity index (χ0v) is 14.1. The van der Waals surface area contributed by atoms with E-state index in [0.29, 0.717) is 6.54 Å². The van der Waals surface area contributed by atoms with Crippen molar-refractivity contribution in [3.8, 4) is 5.69 Å². The van der Waals surface area contributed by atoms with Crippen molar-refractivity contribution in [2.24, 2.45) is 0 Å². The van der Waals surface area contributed by atoms with Gasteiger partial charge in [0.1, 0.15) is 5.82 Å². The van der Waals surface area contributed by atoms with Gasteiger partial charge in [0, 0.05) is 42.9 Å². The van der Waals surface area contributed by atoms with Gasteiger partial charge in [0.15, 0.2) is 0 Å². The van der Waals surface area contributed by atoms with Crippen LogP contribution in [0, 0.1) is 19.7 Å². The van der Waals surface area contributed by atoms with E-state index in [1.165, 1.54) is 17.7 Å². The highest BCUT2D eigenvalue weighted by Crippen LogP contribution is 2.20. The summed E-state index contributed by atoms with van der Waals surface area (Å²) in [4.78, 5) is 10.6. The number of hydrogen-bond donors (Lipinski definition) is 0. The quantitative estimate of drug-likeness (QED) is 0.723. The second-order valence-corrected chi connectivity index (χ2v) is 5.91. The fourth-order valence-corrected chi connectivity index (χ4v) is 2.75. The molecule has 0 N–H and O–H groups in total. The van der Waals surface area contributed by atoms with Gasteiger partial charge in [-0.1, -0.05) is 0 Å². The summed E-state index contributed by atoms with van der Waals surface area (Å²) in [6.07, 6.45) is 5.15. The van der Waals surface area contributed by atoms with Crippen molar-refractivity contribution in [3.63, 3.8) is 0 Å². The normalized spacial score (nSPS) is 11.2. The van der Waals surface area contributed by atoms with Crippen LogP contribution < -0.4 is 0 Å². The third-order valence-electron chi connectivity index (χ3n) is 3.99. The molecule has 0 saturated carbocycles. The number of hydrogen-bond acceptors (Lipinski definition) is 4. The second kappa shape index (κ2) is 6.88. The van der Waals surface area contributed by atoms with E-state index in [2.05, 4.69) is 20.0 Å². The van der Waals surface area contributed by atoms with Crippen molar-refractivity contribution in [2.75, 3.05) is 7.05 Å². The van der Waals surface area contributed by atoms with Gasteiger partial charge in [0.25, 0.3) is 0 Å². The lowest BCUT2D eigenvalue weighted by Crippen LogP contribution is -2.19. The van der Waals surface area contributed by atoms with E-state index in [0.717, 1.165) is 29.3 Å². The smallest absolute Gasteiger partial charge is 0.123 e. The van der Waals surface area contributed by atoms with Crippen molar-refractivity contribution in [1.29, 1.82) is 0 Å². The lowest BCUT2D eigenvalue weighted by Gasteiger charge is -2.16. The summed E-state index contributed by atoms with van der Waals surface area (Å²) in [6, 6.07) is 6.38. The zero-order valence-electron chi connectivity index (χ0n) is 14.1. The first-order valence-corrected chi connectivity index (χ1v) is 7.79. The molecule has 0 aliphatic carbocycles. The van der Waals surface area contributed by atoms with Gasteiger partial charge in [0.2, 0.25) is 0 Å². The summed E-state index contributed by atoms with van der Waals surface area (Å²) < 4.78 is 15.0. The monoisotopic (exact) mass is 325 g/mol. The van der Waals surface area contributed by atoms with Gasteiger partial charge >= 0.3 is 0 Å². The molecule has 0 amide bonds. The molecule has 0 saturated heterocycles. The Bertz CT molecular complexity index is 811. The van der Waals surface area contributed by atoms with Crippen molar-refractivity contribution >= 4 is 0 Å². The summed E-state index contributed by atoms with van der Waals surface area (Å²) in [5.74, 6) is -0.246. The molecule has 1 aromatic carbocycles. The van der Waals surface area contributed by atoms with E-state index in [9.17, 15) is 4.39 Å². The van der Waals surface area contributed by atoms with Crippen LogP contribution in [-0.2, 0) is 13.1 Å². The van der Waals surface area contributed by atoms with Crippen LogP contribution in [0.5, 0.6) is 0 Å². The molecule has 0 unspecified atom stereocenters. The van der Waals surface area contributed by atoms with E-state index in [1.807, 2.05) is 25.6 Å². The highest BCUT2D eigenvalue weighted by Gasteiger charge is 2.15. The lowest BCUT2D eigenvalue weighted by atomic mass is 10.2. The van der Waals surface area contributed by atoms with Gasteiger partial charge < -0.3 is 0 Å². The molecule has 0 aliphatic heterocycles. The number of aryl methyl sites for hydroxylation is 1. The number of benzene rings is 1. The van der Waals surface area contributed by atoms with Crippen LogP contribution in [0.15, 0.2) is 42.9 Å². The van der Waals surface area contributed by atoms with Gasteiger partial charge in [-0.3, -0.25) is 14.9 Å². The Morgan fingerprint density at radius 1 is 1.08 bits per heavy atom. The first-order chi connectivity index (χ1) is 11.5. The standard InChI is InChI=1S/C18H20FN5/c1-13-18(12-23(3)11-16-10-20-8-9-21-16)14(2)24(22-13)17-6-4-15(19)5-7-17/h4-10H,11-12H2,1-3H3. The van der Waals surface area contributed by atoms with E-state index in [4.69, 9.17) is 0 Å². The van der Waals surface area contributed by atoms with Crippen LogP contribution in [0.3, 0.4) is 0 Å². The Kier molecular flexibility index (Phi) is 4.66. The summed E-state index contributed by atoms with van der Waals surface area (Å²) in [5, 5.41) is 4.61. The van der Waals surface area contributed by atoms with Gasteiger partial charge in [-0.15, -0.1) is 0 Å². The van der Waals surface area contributed by atoms with Crippen LogP contribution in [0.2, 0.25) is 0 Å². The molecule has 5 nitrogen and oxygen atoms in total. The number of aromatic nitrogens is 4. The highest BCUT2D eigenvalue weighted by molar-refractivity contribution is 5.37. The Hall–Kier alpha value is -2.60. The molecule has 3 rings (SSSR count). The van der Waals surface area contributed by atoms with Crippen LogP contribution in [0.25, 0.3) is 5.69 Å². The maximum Gasteiger partial charge on any atom is 0.123 e. The molecule has 0 aliphatic rings. The Morgan fingerprint density at radius 2 is 1.83 bits per heavy atom. The highest BCUT2D eigenvalue weighted by atomic mass is 19.1. The van der Waals surface area contributed by atoms with Gasteiger partial charge in [-0.05, 0) is 45.2 Å². The Balaban J connectivity index is 1.80. The molecule has 124 valence electrons. The first-order valence-electron chi connectivity index (χ1n) is 7.79. The maximum atomic E-state index is 13.1. The van der Waals surface area contributed by atoms with Crippen LogP contribution in [0.1, 0.15) is 22.6 Å². The van der Waals surface area contributed by atoms with Gasteiger partial charge in [0.05, 0.1) is 17.1 Å². The van der Waals surface area contributed by atoms with E-state index < -0.39 is 0 Å². The zero-order chi connectivity index (χ0) is 17.1. The third-order valence-corrected chi connectivity index (χ3v) is 3.99. The summed E-state index contributed by atoms with van der Waals surface area (Å²) in [6.45, 7) is 5.51. The molecular formula is C18H20FN5. The average Bonchev–Trinajstić information content (AvgIpc) is 2.85. The number of rotatable bonds is 5. The summed E-state index contributed by atoms with van der Waals surface area (Å²) in [7, 11) is 2.04. The molecule has 0 spiro atoms. The fourth-order valence-electron chi connectivity index (χ4n) is 2.75. The second-order valence-electron chi connectivity index (χ2n) is 5.91. The van der Waals surface area contributed by atoms with Crippen molar-refractivity contribution < 1.29 is 4.39 Å². The molecule has 2 aromatic heterocycles. The Labute approximate surface area is 140 Å². The number of halogens is 1. The molecule has 24 heavy (non-hydrogen) atoms. The minimum absolute atomic E-state index is 0.246. The van der Waals surface area contributed by atoms with Crippen molar-refractivity contribution in [1.82, 2.24) is 24.6 Å². The minimum atomic E-state index is -0.246. The predicted octanol–water partition coefficient (Wildman–Crippen LogP) is 3.05. The molecule has 6 heteroatoms. The first kappa shape index (κ1) is 16.3. The third kappa shape index (κ3) is 3.49.